The second-order valence-electron chi connectivity index (χ2n) is 3.17. The number of hydrogen-bond acceptors (Lipinski definition) is 1. The lowest BCUT2D eigenvalue weighted by Crippen LogP contribution is -1.90. The molecule has 0 heterocycles. The first-order valence-electron chi connectivity index (χ1n) is 4.51. The van der Waals surface area contributed by atoms with Crippen LogP contribution in [0.5, 0.6) is 0 Å². The van der Waals surface area contributed by atoms with Crippen LogP contribution < -0.4 is 0 Å². The highest BCUT2D eigenvalue weighted by molar-refractivity contribution is 5.89. The summed E-state index contributed by atoms with van der Waals surface area (Å²) in [4.78, 5) is 11.1. The minimum Gasteiger partial charge on any atom is -0.295 e. The van der Waals surface area contributed by atoms with E-state index in [1.165, 1.54) is 5.57 Å². The zero-order valence-corrected chi connectivity index (χ0v) is 8.26. The number of allylic oxidation sites excluding steroid dienone is 4. The third kappa shape index (κ3) is 7.26. The van der Waals surface area contributed by atoms with Crippen molar-refractivity contribution >= 4 is 5.78 Å². The Kier molecular flexibility index (Phi) is 6.35. The van der Waals surface area contributed by atoms with Gasteiger partial charge in [0.1, 0.15) is 0 Å². The smallest absolute Gasteiger partial charge is 0.155 e. The first-order chi connectivity index (χ1) is 5.66. The zero-order chi connectivity index (χ0) is 9.40. The third-order valence-corrected chi connectivity index (χ3v) is 1.49. The van der Waals surface area contributed by atoms with E-state index in [1.54, 1.807) is 6.08 Å². The molecule has 0 atom stereocenters. The van der Waals surface area contributed by atoms with Gasteiger partial charge in [0.15, 0.2) is 5.78 Å². The van der Waals surface area contributed by atoms with Crippen LogP contribution in [-0.2, 0) is 4.79 Å². The number of carbonyl (C=O) groups excluding carboxylic acids is 1. The summed E-state index contributed by atoms with van der Waals surface area (Å²) in [5.74, 6) is 0.231. The summed E-state index contributed by atoms with van der Waals surface area (Å²) in [6.45, 7) is 6.12. The maximum Gasteiger partial charge on any atom is 0.155 e. The molecule has 68 valence electrons. The van der Waals surface area contributed by atoms with E-state index in [2.05, 4.69) is 6.92 Å². The van der Waals surface area contributed by atoms with E-state index in [4.69, 9.17) is 0 Å². The predicted molar refractivity (Wildman–Crippen MR) is 53.1 cm³/mol. The molecule has 1 heteroatoms. The SMILES string of the molecule is CCCCC(=O)C=CC=C(C)C. The summed E-state index contributed by atoms with van der Waals surface area (Å²) < 4.78 is 0. The van der Waals surface area contributed by atoms with Gasteiger partial charge in [-0.3, -0.25) is 4.79 Å². The van der Waals surface area contributed by atoms with E-state index in [0.29, 0.717) is 6.42 Å². The van der Waals surface area contributed by atoms with Crippen LogP contribution in [-0.4, -0.2) is 5.78 Å². The van der Waals surface area contributed by atoms with Crippen molar-refractivity contribution in [1.29, 1.82) is 0 Å². The molecule has 0 unspecified atom stereocenters. The lowest BCUT2D eigenvalue weighted by molar-refractivity contribution is -0.114. The van der Waals surface area contributed by atoms with E-state index >= 15 is 0 Å². The minimum atomic E-state index is 0.231. The van der Waals surface area contributed by atoms with Crippen molar-refractivity contribution in [1.82, 2.24) is 0 Å². The lowest BCUT2D eigenvalue weighted by Gasteiger charge is -1.90. The molecule has 0 aliphatic carbocycles. The van der Waals surface area contributed by atoms with Crippen molar-refractivity contribution in [2.75, 3.05) is 0 Å². The van der Waals surface area contributed by atoms with Gasteiger partial charge in [0.25, 0.3) is 0 Å². The summed E-state index contributed by atoms with van der Waals surface area (Å²) in [7, 11) is 0. The van der Waals surface area contributed by atoms with Gasteiger partial charge in [0.2, 0.25) is 0 Å². The van der Waals surface area contributed by atoms with Crippen molar-refractivity contribution in [3.63, 3.8) is 0 Å². The van der Waals surface area contributed by atoms with Gasteiger partial charge in [-0.15, -0.1) is 0 Å². The van der Waals surface area contributed by atoms with Crippen LogP contribution in [0.4, 0.5) is 0 Å². The Morgan fingerprint density at radius 2 is 2.00 bits per heavy atom. The number of ketones is 1. The predicted octanol–water partition coefficient (Wildman–Crippen LogP) is 3.27. The lowest BCUT2D eigenvalue weighted by atomic mass is 10.2. The van der Waals surface area contributed by atoms with E-state index in [1.807, 2.05) is 26.0 Å². The fourth-order valence-electron chi connectivity index (χ4n) is 0.782. The summed E-state index contributed by atoms with van der Waals surface area (Å²) in [6.07, 6.45) is 8.20. The molecule has 0 aromatic carbocycles. The molecule has 0 saturated carbocycles. The van der Waals surface area contributed by atoms with E-state index < -0.39 is 0 Å². The zero-order valence-electron chi connectivity index (χ0n) is 8.26. The molecule has 0 aliphatic rings. The normalized spacial score (nSPS) is 10.2. The standard InChI is InChI=1S/C11H18O/c1-4-5-8-11(12)9-6-7-10(2)3/h6-7,9H,4-5,8H2,1-3H3. The van der Waals surface area contributed by atoms with Crippen LogP contribution in [0.2, 0.25) is 0 Å². The van der Waals surface area contributed by atoms with Crippen molar-refractivity contribution in [2.24, 2.45) is 0 Å². The average Bonchev–Trinajstić information content (AvgIpc) is 2.00. The number of unbranched alkanes of at least 4 members (excludes halogenated alkanes) is 1. The molecule has 0 radical (unpaired) electrons. The van der Waals surface area contributed by atoms with Gasteiger partial charge < -0.3 is 0 Å². The van der Waals surface area contributed by atoms with Crippen LogP contribution in [0.25, 0.3) is 0 Å². The van der Waals surface area contributed by atoms with Crippen molar-refractivity contribution in [3.05, 3.63) is 23.8 Å². The maximum atomic E-state index is 11.1. The molecule has 0 rings (SSSR count). The quantitative estimate of drug-likeness (QED) is 0.452. The molecule has 0 bridgehead atoms. The summed E-state index contributed by atoms with van der Waals surface area (Å²) >= 11 is 0. The largest absolute Gasteiger partial charge is 0.295 e. The number of rotatable bonds is 5. The molecule has 1 nitrogen and oxygen atoms in total. The molecular weight excluding hydrogens is 148 g/mol. The molecule has 0 fully saturated rings. The first kappa shape index (κ1) is 11.2. The van der Waals surface area contributed by atoms with Crippen LogP contribution in [0, 0.1) is 0 Å². The van der Waals surface area contributed by atoms with E-state index in [9.17, 15) is 4.79 Å². The summed E-state index contributed by atoms with van der Waals surface area (Å²) in [5, 5.41) is 0. The van der Waals surface area contributed by atoms with Crippen LogP contribution in [0.3, 0.4) is 0 Å². The molecule has 0 aliphatic heterocycles. The Bertz CT molecular complexity index is 183. The highest BCUT2D eigenvalue weighted by Crippen LogP contribution is 1.97. The topological polar surface area (TPSA) is 17.1 Å². The van der Waals surface area contributed by atoms with Gasteiger partial charge in [0.05, 0.1) is 0 Å². The summed E-state index contributed by atoms with van der Waals surface area (Å²) in [6, 6.07) is 0. The van der Waals surface area contributed by atoms with Gasteiger partial charge in [-0.05, 0) is 26.3 Å². The maximum absolute atomic E-state index is 11.1. The van der Waals surface area contributed by atoms with E-state index in [0.717, 1.165) is 12.8 Å². The number of carbonyl (C=O) groups is 1. The van der Waals surface area contributed by atoms with Crippen molar-refractivity contribution < 1.29 is 4.79 Å². The Morgan fingerprint density at radius 1 is 1.33 bits per heavy atom. The fraction of sp³-hybridized carbons (Fsp3) is 0.545. The van der Waals surface area contributed by atoms with Gasteiger partial charge in [-0.25, -0.2) is 0 Å². The Balaban J connectivity index is 3.69. The van der Waals surface area contributed by atoms with Crippen LogP contribution >= 0.6 is 0 Å². The highest BCUT2D eigenvalue weighted by atomic mass is 16.1. The van der Waals surface area contributed by atoms with Gasteiger partial charge in [-0.1, -0.05) is 31.1 Å². The van der Waals surface area contributed by atoms with Gasteiger partial charge in [0, 0.05) is 6.42 Å². The Morgan fingerprint density at radius 3 is 2.50 bits per heavy atom. The molecule has 0 N–H and O–H groups in total. The minimum absolute atomic E-state index is 0.231. The molecule has 0 amide bonds. The summed E-state index contributed by atoms with van der Waals surface area (Å²) in [5.41, 5.74) is 1.22. The van der Waals surface area contributed by atoms with E-state index in [-0.39, 0.29) is 5.78 Å². The fourth-order valence-corrected chi connectivity index (χ4v) is 0.782. The Hall–Kier alpha value is -0.850. The molecule has 0 aromatic rings. The second kappa shape index (κ2) is 6.84. The van der Waals surface area contributed by atoms with Gasteiger partial charge >= 0.3 is 0 Å². The molecule has 0 saturated heterocycles. The monoisotopic (exact) mass is 166 g/mol. The average molecular weight is 166 g/mol. The molecule has 12 heavy (non-hydrogen) atoms. The third-order valence-electron chi connectivity index (χ3n) is 1.49. The number of hydrogen-bond donors (Lipinski definition) is 0. The first-order valence-corrected chi connectivity index (χ1v) is 4.51. The van der Waals surface area contributed by atoms with Crippen LogP contribution in [0.15, 0.2) is 23.8 Å². The van der Waals surface area contributed by atoms with Crippen LogP contribution in [0.1, 0.15) is 40.0 Å². The highest BCUT2D eigenvalue weighted by Gasteiger charge is 1.92. The van der Waals surface area contributed by atoms with Crippen molar-refractivity contribution in [3.8, 4) is 0 Å². The molecule has 0 spiro atoms. The second-order valence-corrected chi connectivity index (χ2v) is 3.17. The Labute approximate surface area is 75.2 Å². The molecular formula is C11H18O. The van der Waals surface area contributed by atoms with Crippen molar-refractivity contribution in [2.45, 2.75) is 40.0 Å². The van der Waals surface area contributed by atoms with Gasteiger partial charge in [-0.2, -0.15) is 0 Å². The molecule has 0 aromatic heterocycles.